The standard InChI is InChI=1S/C17H18N4O2/c1-22-16-9-14-13(10-19-16)11-20-17(14)12-2-3-18-15(8-12)21-4-6-23-7-5-21/h2-3,8-10H,4-7,11H2,1H3. The van der Waals surface area contributed by atoms with Crippen LogP contribution in [0, 0.1) is 0 Å². The van der Waals surface area contributed by atoms with Crippen LogP contribution < -0.4 is 9.64 Å². The molecule has 2 aliphatic heterocycles. The highest BCUT2D eigenvalue weighted by molar-refractivity contribution is 6.15. The van der Waals surface area contributed by atoms with Crippen molar-refractivity contribution in [3.8, 4) is 5.88 Å². The van der Waals surface area contributed by atoms with E-state index >= 15 is 0 Å². The summed E-state index contributed by atoms with van der Waals surface area (Å²) in [6.07, 6.45) is 3.69. The van der Waals surface area contributed by atoms with Crippen molar-refractivity contribution >= 4 is 11.5 Å². The Balaban J connectivity index is 1.67. The monoisotopic (exact) mass is 310 g/mol. The molecule has 4 rings (SSSR count). The van der Waals surface area contributed by atoms with Gasteiger partial charge in [-0.05, 0) is 12.1 Å². The van der Waals surface area contributed by atoms with Gasteiger partial charge in [-0.25, -0.2) is 9.97 Å². The quantitative estimate of drug-likeness (QED) is 0.863. The average Bonchev–Trinajstić information content (AvgIpc) is 3.05. The minimum Gasteiger partial charge on any atom is -0.481 e. The Kier molecular flexibility index (Phi) is 3.67. The molecule has 2 aromatic heterocycles. The fraction of sp³-hybridized carbons (Fsp3) is 0.353. The van der Waals surface area contributed by atoms with Gasteiger partial charge in [0, 0.05) is 48.2 Å². The van der Waals surface area contributed by atoms with Crippen LogP contribution in [0.3, 0.4) is 0 Å². The van der Waals surface area contributed by atoms with Crippen LogP contribution in [0.1, 0.15) is 16.7 Å². The summed E-state index contributed by atoms with van der Waals surface area (Å²) in [5, 5.41) is 0. The molecule has 23 heavy (non-hydrogen) atoms. The van der Waals surface area contributed by atoms with Crippen molar-refractivity contribution in [2.75, 3.05) is 38.3 Å². The van der Waals surface area contributed by atoms with E-state index in [-0.39, 0.29) is 0 Å². The first kappa shape index (κ1) is 14.1. The lowest BCUT2D eigenvalue weighted by Crippen LogP contribution is -2.36. The third-order valence-corrected chi connectivity index (χ3v) is 4.19. The molecular formula is C17H18N4O2. The van der Waals surface area contributed by atoms with Gasteiger partial charge in [0.25, 0.3) is 0 Å². The van der Waals surface area contributed by atoms with E-state index in [0.29, 0.717) is 12.4 Å². The van der Waals surface area contributed by atoms with E-state index in [9.17, 15) is 0 Å². The number of anilines is 1. The topological polar surface area (TPSA) is 59.8 Å². The molecule has 0 radical (unpaired) electrons. The van der Waals surface area contributed by atoms with Gasteiger partial charge < -0.3 is 14.4 Å². The van der Waals surface area contributed by atoms with Crippen LogP contribution in [0.2, 0.25) is 0 Å². The molecule has 0 bridgehead atoms. The summed E-state index contributed by atoms with van der Waals surface area (Å²) in [7, 11) is 1.63. The van der Waals surface area contributed by atoms with E-state index in [2.05, 4.69) is 25.9 Å². The highest BCUT2D eigenvalue weighted by Gasteiger charge is 2.20. The number of ether oxygens (including phenoxy) is 2. The Labute approximate surface area is 134 Å². The lowest BCUT2D eigenvalue weighted by molar-refractivity contribution is 0.122. The van der Waals surface area contributed by atoms with Crippen molar-refractivity contribution < 1.29 is 9.47 Å². The SMILES string of the molecule is COc1cc2c(cn1)CN=C2c1ccnc(N2CCOCC2)c1. The van der Waals surface area contributed by atoms with Crippen LogP contribution in [0.5, 0.6) is 5.88 Å². The average molecular weight is 310 g/mol. The molecule has 2 aliphatic rings. The van der Waals surface area contributed by atoms with Crippen LogP contribution >= 0.6 is 0 Å². The Morgan fingerprint density at radius 2 is 2.04 bits per heavy atom. The largest absolute Gasteiger partial charge is 0.481 e. The Morgan fingerprint density at radius 3 is 2.87 bits per heavy atom. The Hall–Kier alpha value is -2.47. The summed E-state index contributed by atoms with van der Waals surface area (Å²) in [4.78, 5) is 15.7. The molecule has 0 saturated carbocycles. The second-order valence-corrected chi connectivity index (χ2v) is 5.55. The molecule has 118 valence electrons. The van der Waals surface area contributed by atoms with Crippen LogP contribution in [0.15, 0.2) is 35.6 Å². The number of hydrogen-bond donors (Lipinski definition) is 0. The summed E-state index contributed by atoms with van der Waals surface area (Å²) < 4.78 is 10.7. The molecule has 4 heterocycles. The van der Waals surface area contributed by atoms with E-state index in [1.165, 1.54) is 0 Å². The van der Waals surface area contributed by atoms with Crippen molar-refractivity contribution in [1.29, 1.82) is 0 Å². The fourth-order valence-corrected chi connectivity index (χ4v) is 2.95. The zero-order chi connectivity index (χ0) is 15.6. The number of nitrogens with zero attached hydrogens (tertiary/aromatic N) is 4. The van der Waals surface area contributed by atoms with E-state index in [0.717, 1.165) is 54.5 Å². The maximum absolute atomic E-state index is 5.41. The second-order valence-electron chi connectivity index (χ2n) is 5.55. The zero-order valence-corrected chi connectivity index (χ0v) is 13.0. The number of aromatic nitrogens is 2. The molecule has 0 atom stereocenters. The predicted octanol–water partition coefficient (Wildman–Crippen LogP) is 1.67. The fourth-order valence-electron chi connectivity index (χ4n) is 2.95. The summed E-state index contributed by atoms with van der Waals surface area (Å²) in [5.41, 5.74) is 4.28. The van der Waals surface area contributed by atoms with Crippen molar-refractivity contribution in [2.24, 2.45) is 4.99 Å². The zero-order valence-electron chi connectivity index (χ0n) is 13.0. The maximum Gasteiger partial charge on any atom is 0.213 e. The van der Waals surface area contributed by atoms with Crippen molar-refractivity contribution in [3.05, 3.63) is 47.3 Å². The first-order valence-corrected chi connectivity index (χ1v) is 7.72. The molecule has 0 aliphatic carbocycles. The molecule has 0 unspecified atom stereocenters. The molecule has 0 spiro atoms. The van der Waals surface area contributed by atoms with Gasteiger partial charge in [0.2, 0.25) is 5.88 Å². The summed E-state index contributed by atoms with van der Waals surface area (Å²) in [5.74, 6) is 1.59. The van der Waals surface area contributed by atoms with Crippen molar-refractivity contribution in [2.45, 2.75) is 6.54 Å². The Morgan fingerprint density at radius 1 is 1.17 bits per heavy atom. The summed E-state index contributed by atoms with van der Waals surface area (Å²) in [6, 6.07) is 6.06. The second kappa shape index (κ2) is 5.96. The van der Waals surface area contributed by atoms with Gasteiger partial charge in [0.05, 0.1) is 32.6 Å². The number of fused-ring (bicyclic) bond motifs is 1. The molecule has 0 N–H and O–H groups in total. The molecule has 0 aromatic carbocycles. The molecular weight excluding hydrogens is 292 g/mol. The van der Waals surface area contributed by atoms with Gasteiger partial charge in [-0.15, -0.1) is 0 Å². The van der Waals surface area contributed by atoms with E-state index in [1.807, 2.05) is 24.5 Å². The van der Waals surface area contributed by atoms with Crippen molar-refractivity contribution in [1.82, 2.24) is 9.97 Å². The van der Waals surface area contributed by atoms with E-state index in [4.69, 9.17) is 9.47 Å². The maximum atomic E-state index is 5.41. The predicted molar refractivity (Wildman–Crippen MR) is 87.4 cm³/mol. The number of pyridine rings is 2. The molecule has 2 aromatic rings. The number of hydrogen-bond acceptors (Lipinski definition) is 6. The van der Waals surface area contributed by atoms with Gasteiger partial charge in [0.15, 0.2) is 0 Å². The lowest BCUT2D eigenvalue weighted by Gasteiger charge is -2.28. The van der Waals surface area contributed by atoms with Gasteiger partial charge >= 0.3 is 0 Å². The molecule has 1 fully saturated rings. The van der Waals surface area contributed by atoms with Gasteiger partial charge in [-0.2, -0.15) is 0 Å². The van der Waals surface area contributed by atoms with Gasteiger partial charge in [-0.3, -0.25) is 4.99 Å². The van der Waals surface area contributed by atoms with Gasteiger partial charge in [0.1, 0.15) is 5.82 Å². The molecule has 6 nitrogen and oxygen atoms in total. The molecule has 0 amide bonds. The number of morpholine rings is 1. The highest BCUT2D eigenvalue weighted by Crippen LogP contribution is 2.26. The van der Waals surface area contributed by atoms with Crippen LogP contribution in [-0.2, 0) is 11.3 Å². The van der Waals surface area contributed by atoms with Gasteiger partial charge in [-0.1, -0.05) is 0 Å². The van der Waals surface area contributed by atoms with E-state index < -0.39 is 0 Å². The van der Waals surface area contributed by atoms with E-state index in [1.54, 1.807) is 7.11 Å². The van der Waals surface area contributed by atoms with Crippen LogP contribution in [-0.4, -0.2) is 49.1 Å². The summed E-state index contributed by atoms with van der Waals surface area (Å²) in [6.45, 7) is 3.91. The van der Waals surface area contributed by atoms with Crippen molar-refractivity contribution in [3.63, 3.8) is 0 Å². The minimum absolute atomic E-state index is 0.612. The normalized spacial score (nSPS) is 16.9. The first-order chi connectivity index (χ1) is 11.3. The highest BCUT2D eigenvalue weighted by atomic mass is 16.5. The molecule has 6 heteroatoms. The smallest absolute Gasteiger partial charge is 0.213 e. The number of methoxy groups -OCH3 is 1. The lowest BCUT2D eigenvalue weighted by atomic mass is 10.0. The summed E-state index contributed by atoms with van der Waals surface area (Å²) >= 11 is 0. The number of aliphatic imine (C=N–C) groups is 1. The minimum atomic E-state index is 0.612. The van der Waals surface area contributed by atoms with Crippen LogP contribution in [0.4, 0.5) is 5.82 Å². The number of rotatable bonds is 3. The van der Waals surface area contributed by atoms with Crippen LogP contribution in [0.25, 0.3) is 0 Å². The third-order valence-electron chi connectivity index (χ3n) is 4.19. The Bertz CT molecular complexity index is 754. The molecule has 1 saturated heterocycles. The third kappa shape index (κ3) is 2.66. The first-order valence-electron chi connectivity index (χ1n) is 7.72.